The summed E-state index contributed by atoms with van der Waals surface area (Å²) in [5, 5.41) is 19.4. The summed E-state index contributed by atoms with van der Waals surface area (Å²) in [6.45, 7) is 2.00. The van der Waals surface area contributed by atoms with E-state index < -0.39 is 12.2 Å². The van der Waals surface area contributed by atoms with Gasteiger partial charge in [-0.1, -0.05) is 31.5 Å². The number of para-hydroxylation sites is 1. The van der Waals surface area contributed by atoms with E-state index in [9.17, 15) is 10.2 Å². The van der Waals surface area contributed by atoms with Crippen LogP contribution in [0.3, 0.4) is 0 Å². The predicted molar refractivity (Wildman–Crippen MR) is 68.2 cm³/mol. The number of hydrogen-bond donors (Lipinski definition) is 2. The maximum absolute atomic E-state index is 9.78. The molecule has 0 fully saturated rings. The van der Waals surface area contributed by atoms with Crippen molar-refractivity contribution in [2.24, 2.45) is 0 Å². The van der Waals surface area contributed by atoms with Crippen molar-refractivity contribution in [1.29, 1.82) is 0 Å². The van der Waals surface area contributed by atoms with Gasteiger partial charge in [0.1, 0.15) is 5.75 Å². The second kappa shape index (κ2) is 7.30. The Morgan fingerprint density at radius 2 is 1.76 bits per heavy atom. The van der Waals surface area contributed by atoms with E-state index in [0.29, 0.717) is 19.3 Å². The first-order chi connectivity index (χ1) is 8.19. The van der Waals surface area contributed by atoms with Crippen LogP contribution in [-0.4, -0.2) is 29.5 Å². The van der Waals surface area contributed by atoms with Gasteiger partial charge in [0.25, 0.3) is 0 Å². The van der Waals surface area contributed by atoms with Gasteiger partial charge in [-0.2, -0.15) is 0 Å². The minimum absolute atomic E-state index is 0.557. The van der Waals surface area contributed by atoms with Crippen LogP contribution in [0.15, 0.2) is 24.3 Å². The molecule has 0 aliphatic rings. The Morgan fingerprint density at radius 1 is 1.12 bits per heavy atom. The summed E-state index contributed by atoms with van der Waals surface area (Å²) in [7, 11) is 1.64. The fourth-order valence-electron chi connectivity index (χ4n) is 1.89. The van der Waals surface area contributed by atoms with E-state index in [-0.39, 0.29) is 0 Å². The standard InChI is InChI=1S/C14H22O3/c1-3-6-12(15)13(16)10-9-11-7-4-5-8-14(11)17-2/h4-5,7-8,12-13,15-16H,3,6,9-10H2,1-2H3. The number of benzene rings is 1. The van der Waals surface area contributed by atoms with Crippen molar-refractivity contribution in [2.75, 3.05) is 7.11 Å². The first-order valence-electron chi connectivity index (χ1n) is 6.17. The summed E-state index contributed by atoms with van der Waals surface area (Å²) < 4.78 is 5.24. The highest BCUT2D eigenvalue weighted by Crippen LogP contribution is 2.20. The molecule has 2 atom stereocenters. The Bertz CT molecular complexity index is 325. The lowest BCUT2D eigenvalue weighted by Crippen LogP contribution is -2.26. The van der Waals surface area contributed by atoms with Crippen LogP contribution in [0.2, 0.25) is 0 Å². The van der Waals surface area contributed by atoms with Gasteiger partial charge >= 0.3 is 0 Å². The van der Waals surface area contributed by atoms with Crippen LogP contribution >= 0.6 is 0 Å². The van der Waals surface area contributed by atoms with Crippen LogP contribution in [0.25, 0.3) is 0 Å². The van der Waals surface area contributed by atoms with Gasteiger partial charge in [-0.05, 0) is 30.9 Å². The monoisotopic (exact) mass is 238 g/mol. The van der Waals surface area contributed by atoms with E-state index in [1.807, 2.05) is 31.2 Å². The third-order valence-electron chi connectivity index (χ3n) is 2.93. The quantitative estimate of drug-likeness (QED) is 0.765. The van der Waals surface area contributed by atoms with Crippen LogP contribution in [0.4, 0.5) is 0 Å². The smallest absolute Gasteiger partial charge is 0.122 e. The average Bonchev–Trinajstić information content (AvgIpc) is 2.36. The Hall–Kier alpha value is -1.06. The number of hydrogen-bond acceptors (Lipinski definition) is 3. The lowest BCUT2D eigenvalue weighted by atomic mass is 10.0. The Labute approximate surface area is 103 Å². The molecule has 0 heterocycles. The van der Waals surface area contributed by atoms with E-state index in [1.54, 1.807) is 7.11 Å². The zero-order valence-electron chi connectivity index (χ0n) is 10.6. The predicted octanol–water partition coefficient (Wildman–Crippen LogP) is 2.15. The molecule has 0 amide bonds. The molecule has 0 spiro atoms. The van der Waals surface area contributed by atoms with E-state index in [1.165, 1.54) is 0 Å². The largest absolute Gasteiger partial charge is 0.496 e. The summed E-state index contributed by atoms with van der Waals surface area (Å²) in [5.41, 5.74) is 1.07. The average molecular weight is 238 g/mol. The molecule has 0 bridgehead atoms. The van der Waals surface area contributed by atoms with Gasteiger partial charge < -0.3 is 14.9 Å². The van der Waals surface area contributed by atoms with Crippen LogP contribution in [0.1, 0.15) is 31.7 Å². The van der Waals surface area contributed by atoms with Crippen molar-refractivity contribution in [1.82, 2.24) is 0 Å². The molecule has 3 nitrogen and oxygen atoms in total. The zero-order chi connectivity index (χ0) is 12.7. The molecule has 0 aliphatic carbocycles. The third kappa shape index (κ3) is 4.36. The van der Waals surface area contributed by atoms with Crippen molar-refractivity contribution < 1.29 is 14.9 Å². The minimum atomic E-state index is -0.653. The molecular weight excluding hydrogens is 216 g/mol. The maximum atomic E-state index is 9.78. The first-order valence-corrected chi connectivity index (χ1v) is 6.17. The molecule has 17 heavy (non-hydrogen) atoms. The highest BCUT2D eigenvalue weighted by Gasteiger charge is 2.15. The van der Waals surface area contributed by atoms with Crippen molar-refractivity contribution in [3.8, 4) is 5.75 Å². The van der Waals surface area contributed by atoms with Gasteiger partial charge in [0, 0.05) is 0 Å². The Kier molecular flexibility index (Phi) is 6.01. The van der Waals surface area contributed by atoms with Crippen LogP contribution in [0, 0.1) is 0 Å². The van der Waals surface area contributed by atoms with Crippen molar-refractivity contribution >= 4 is 0 Å². The van der Waals surface area contributed by atoms with Gasteiger partial charge in [0.05, 0.1) is 19.3 Å². The topological polar surface area (TPSA) is 49.7 Å². The lowest BCUT2D eigenvalue weighted by Gasteiger charge is -2.17. The number of ether oxygens (including phenoxy) is 1. The molecule has 0 saturated carbocycles. The van der Waals surface area contributed by atoms with E-state index in [2.05, 4.69) is 0 Å². The Morgan fingerprint density at radius 3 is 2.41 bits per heavy atom. The Balaban J connectivity index is 2.49. The lowest BCUT2D eigenvalue weighted by molar-refractivity contribution is 0.00974. The molecule has 2 unspecified atom stereocenters. The molecule has 1 aromatic carbocycles. The number of methoxy groups -OCH3 is 1. The molecule has 0 aliphatic heterocycles. The molecule has 0 aromatic heterocycles. The highest BCUT2D eigenvalue weighted by molar-refractivity contribution is 5.33. The molecule has 0 radical (unpaired) electrons. The van der Waals surface area contributed by atoms with Gasteiger partial charge in [-0.15, -0.1) is 0 Å². The second-order valence-corrected chi connectivity index (χ2v) is 4.27. The van der Waals surface area contributed by atoms with Crippen molar-refractivity contribution in [3.05, 3.63) is 29.8 Å². The second-order valence-electron chi connectivity index (χ2n) is 4.27. The van der Waals surface area contributed by atoms with Gasteiger partial charge in [-0.25, -0.2) is 0 Å². The van der Waals surface area contributed by atoms with Crippen molar-refractivity contribution in [2.45, 2.75) is 44.8 Å². The summed E-state index contributed by atoms with van der Waals surface area (Å²) in [4.78, 5) is 0. The zero-order valence-corrected chi connectivity index (χ0v) is 10.6. The molecule has 2 N–H and O–H groups in total. The summed E-state index contributed by atoms with van der Waals surface area (Å²) in [6.07, 6.45) is 1.53. The number of aryl methyl sites for hydroxylation is 1. The summed E-state index contributed by atoms with van der Waals surface area (Å²) in [6, 6.07) is 7.76. The normalized spacial score (nSPS) is 14.4. The number of aliphatic hydroxyl groups excluding tert-OH is 2. The van der Waals surface area contributed by atoms with Gasteiger partial charge in [0.15, 0.2) is 0 Å². The number of aliphatic hydroxyl groups is 2. The summed E-state index contributed by atoms with van der Waals surface area (Å²) >= 11 is 0. The fourth-order valence-corrected chi connectivity index (χ4v) is 1.89. The summed E-state index contributed by atoms with van der Waals surface area (Å²) in [5.74, 6) is 0.838. The third-order valence-corrected chi connectivity index (χ3v) is 2.93. The molecule has 1 rings (SSSR count). The van der Waals surface area contributed by atoms with E-state index in [4.69, 9.17) is 4.74 Å². The van der Waals surface area contributed by atoms with Crippen LogP contribution in [-0.2, 0) is 6.42 Å². The SMILES string of the molecule is CCCC(O)C(O)CCc1ccccc1OC. The minimum Gasteiger partial charge on any atom is -0.496 e. The molecule has 1 aromatic rings. The molecule has 96 valence electrons. The molecular formula is C14H22O3. The number of rotatable bonds is 7. The van der Waals surface area contributed by atoms with Gasteiger partial charge in [-0.3, -0.25) is 0 Å². The molecule has 0 saturated heterocycles. The first kappa shape index (κ1) is 14.0. The fraction of sp³-hybridized carbons (Fsp3) is 0.571. The van der Waals surface area contributed by atoms with Crippen LogP contribution in [0.5, 0.6) is 5.75 Å². The van der Waals surface area contributed by atoms with Crippen molar-refractivity contribution in [3.63, 3.8) is 0 Å². The highest BCUT2D eigenvalue weighted by atomic mass is 16.5. The van der Waals surface area contributed by atoms with Gasteiger partial charge in [0.2, 0.25) is 0 Å². The van der Waals surface area contributed by atoms with E-state index >= 15 is 0 Å². The van der Waals surface area contributed by atoms with E-state index in [0.717, 1.165) is 17.7 Å². The van der Waals surface area contributed by atoms with Crippen LogP contribution < -0.4 is 4.74 Å². The maximum Gasteiger partial charge on any atom is 0.122 e. The molecule has 3 heteroatoms.